The SMILES string of the molecule is C=Cc1ccc(CN2CCN([P+]3([O-])N(C)[C@H]4CCCC[C@@H]4N3C)CC2)cc1. The number of hydrogen-bond acceptors (Lipinski definition) is 5. The van der Waals surface area contributed by atoms with Crippen LogP contribution in [0, 0.1) is 0 Å². The number of likely N-dealkylation sites (N-methyl/N-ethyl adjacent to an activating group) is 2. The topological polar surface area (TPSA) is 36.0 Å². The van der Waals surface area contributed by atoms with Gasteiger partial charge < -0.3 is 4.89 Å². The van der Waals surface area contributed by atoms with Gasteiger partial charge in [0.1, 0.15) is 0 Å². The van der Waals surface area contributed by atoms with E-state index in [9.17, 15) is 4.89 Å². The second-order valence-corrected chi connectivity index (χ2v) is 11.1. The first-order chi connectivity index (χ1) is 13.0. The number of piperazine rings is 1. The zero-order valence-corrected chi connectivity index (χ0v) is 17.7. The molecule has 3 fully saturated rings. The van der Waals surface area contributed by atoms with Gasteiger partial charge in [-0.15, -0.1) is 4.67 Å². The Morgan fingerprint density at radius 1 is 1.00 bits per heavy atom. The Morgan fingerprint density at radius 3 is 2.07 bits per heavy atom. The summed E-state index contributed by atoms with van der Waals surface area (Å²) in [6, 6.07) is 9.57. The van der Waals surface area contributed by atoms with Crippen molar-refractivity contribution < 1.29 is 4.89 Å². The molecule has 148 valence electrons. The second kappa shape index (κ2) is 7.90. The lowest BCUT2D eigenvalue weighted by Crippen LogP contribution is -2.52. The van der Waals surface area contributed by atoms with Crippen LogP contribution in [0.3, 0.4) is 0 Å². The van der Waals surface area contributed by atoms with Crippen LogP contribution in [0.5, 0.6) is 0 Å². The molecule has 1 aliphatic carbocycles. The fourth-order valence-electron chi connectivity index (χ4n) is 5.14. The highest BCUT2D eigenvalue weighted by Crippen LogP contribution is 2.67. The lowest BCUT2D eigenvalue weighted by Gasteiger charge is -2.47. The van der Waals surface area contributed by atoms with E-state index in [1.165, 1.54) is 31.2 Å². The minimum absolute atomic E-state index is 0.469. The number of fused-ring (bicyclic) bond motifs is 1. The van der Waals surface area contributed by atoms with Gasteiger partial charge in [-0.2, -0.15) is 9.34 Å². The summed E-state index contributed by atoms with van der Waals surface area (Å²) in [4.78, 5) is 16.6. The van der Waals surface area contributed by atoms with Gasteiger partial charge in [-0.1, -0.05) is 49.8 Å². The van der Waals surface area contributed by atoms with E-state index in [-0.39, 0.29) is 0 Å². The number of benzene rings is 1. The molecule has 2 atom stereocenters. The second-order valence-electron chi connectivity index (χ2n) is 8.26. The molecule has 27 heavy (non-hydrogen) atoms. The van der Waals surface area contributed by atoms with E-state index in [2.05, 4.69) is 63.9 Å². The molecule has 0 bridgehead atoms. The molecule has 2 heterocycles. The van der Waals surface area contributed by atoms with E-state index in [0.717, 1.165) is 38.3 Å². The third-order valence-electron chi connectivity index (χ3n) is 6.81. The van der Waals surface area contributed by atoms with Crippen LogP contribution in [0.15, 0.2) is 30.8 Å². The molecule has 2 aliphatic heterocycles. The predicted molar refractivity (Wildman–Crippen MR) is 112 cm³/mol. The van der Waals surface area contributed by atoms with E-state index >= 15 is 0 Å². The Kier molecular flexibility index (Phi) is 5.71. The molecule has 1 saturated carbocycles. The Balaban J connectivity index is 1.38. The van der Waals surface area contributed by atoms with Crippen molar-refractivity contribution in [3.8, 4) is 0 Å². The number of rotatable bonds is 4. The summed E-state index contributed by atoms with van der Waals surface area (Å²) in [6.07, 6.45) is 6.81. The average Bonchev–Trinajstić information content (AvgIpc) is 2.92. The monoisotopic (exact) mass is 388 g/mol. The molecule has 0 aromatic heterocycles. The third kappa shape index (κ3) is 3.50. The van der Waals surface area contributed by atoms with Crippen LogP contribution in [0.25, 0.3) is 6.08 Å². The molecule has 0 radical (unpaired) electrons. The molecule has 0 unspecified atom stereocenters. The highest BCUT2D eigenvalue weighted by Gasteiger charge is 2.59. The first kappa shape index (κ1) is 19.5. The van der Waals surface area contributed by atoms with Crippen molar-refractivity contribution in [2.24, 2.45) is 0 Å². The van der Waals surface area contributed by atoms with Gasteiger partial charge in [0, 0.05) is 46.8 Å². The van der Waals surface area contributed by atoms with Gasteiger partial charge in [0.15, 0.2) is 7.94 Å². The first-order valence-electron chi connectivity index (χ1n) is 10.3. The lowest BCUT2D eigenvalue weighted by molar-refractivity contribution is -0.204. The normalized spacial score (nSPS) is 30.3. The summed E-state index contributed by atoms with van der Waals surface area (Å²) in [5, 5.41) is 0. The fourth-order valence-corrected chi connectivity index (χ4v) is 8.40. The average molecular weight is 388 g/mol. The highest BCUT2D eigenvalue weighted by atomic mass is 31.2. The van der Waals surface area contributed by atoms with Crippen molar-refractivity contribution in [3.05, 3.63) is 42.0 Å². The molecule has 2 saturated heterocycles. The van der Waals surface area contributed by atoms with Crippen molar-refractivity contribution in [2.75, 3.05) is 40.3 Å². The van der Waals surface area contributed by atoms with Crippen LogP contribution >= 0.6 is 7.94 Å². The zero-order valence-electron chi connectivity index (χ0n) is 16.8. The molecule has 5 nitrogen and oxygen atoms in total. The van der Waals surface area contributed by atoms with Crippen molar-refractivity contribution in [1.29, 1.82) is 0 Å². The minimum atomic E-state index is -2.59. The van der Waals surface area contributed by atoms with Crippen LogP contribution in [-0.4, -0.2) is 71.3 Å². The smallest absolute Gasteiger partial charge is 0.185 e. The Hall–Kier alpha value is -0.810. The summed E-state index contributed by atoms with van der Waals surface area (Å²) >= 11 is 0. The van der Waals surface area contributed by atoms with E-state index in [1.807, 2.05) is 6.08 Å². The maximum absolute atomic E-state index is 14.1. The minimum Gasteiger partial charge on any atom is -0.636 e. The molecular weight excluding hydrogens is 355 g/mol. The van der Waals surface area contributed by atoms with E-state index in [0.29, 0.717) is 12.1 Å². The third-order valence-corrected chi connectivity index (χ3v) is 10.2. The van der Waals surface area contributed by atoms with Crippen LogP contribution in [0.4, 0.5) is 0 Å². The summed E-state index contributed by atoms with van der Waals surface area (Å²) < 4.78 is 6.75. The maximum Gasteiger partial charge on any atom is 0.185 e. The zero-order chi connectivity index (χ0) is 19.0. The van der Waals surface area contributed by atoms with E-state index in [4.69, 9.17) is 0 Å². The molecule has 1 aromatic carbocycles. The summed E-state index contributed by atoms with van der Waals surface area (Å²) in [6.45, 7) is 8.51. The predicted octanol–water partition coefficient (Wildman–Crippen LogP) is 2.67. The van der Waals surface area contributed by atoms with Crippen molar-refractivity contribution in [3.63, 3.8) is 0 Å². The molecular formula is C21H33N4OP. The molecule has 6 heteroatoms. The van der Waals surface area contributed by atoms with Crippen molar-refractivity contribution >= 4 is 14.0 Å². The summed E-state index contributed by atoms with van der Waals surface area (Å²) in [5.41, 5.74) is 2.50. The van der Waals surface area contributed by atoms with Gasteiger partial charge in [0.25, 0.3) is 0 Å². The largest absolute Gasteiger partial charge is 0.636 e. The molecule has 0 N–H and O–H groups in total. The van der Waals surface area contributed by atoms with Gasteiger partial charge in [-0.3, -0.25) is 4.90 Å². The van der Waals surface area contributed by atoms with Gasteiger partial charge in [0.2, 0.25) is 0 Å². The fraction of sp³-hybridized carbons (Fsp3) is 0.619. The van der Waals surface area contributed by atoms with Crippen molar-refractivity contribution in [2.45, 2.75) is 44.3 Å². The van der Waals surface area contributed by atoms with Gasteiger partial charge in [0.05, 0.1) is 12.1 Å². The standard InChI is InChI=1S/C21H33N4OP/c1-4-18-9-11-19(12-10-18)17-24-13-15-25(16-14-24)27(26)22(2)20-7-5-6-8-21(20)23(27)3/h4,9-12,20-21H,1,5-8,13-17H2,2-3H3/t20-,21-/m0/s1. The molecule has 3 aliphatic rings. The first-order valence-corrected chi connectivity index (χ1v) is 11.9. The Bertz CT molecular complexity index is 641. The van der Waals surface area contributed by atoms with Crippen LogP contribution in [0.1, 0.15) is 36.8 Å². The molecule has 0 spiro atoms. The van der Waals surface area contributed by atoms with Crippen molar-refractivity contribution in [1.82, 2.24) is 18.9 Å². The Labute approximate surface area is 164 Å². The van der Waals surface area contributed by atoms with Crippen LogP contribution < -0.4 is 4.89 Å². The molecule has 1 aromatic rings. The van der Waals surface area contributed by atoms with E-state index < -0.39 is 7.94 Å². The summed E-state index contributed by atoms with van der Waals surface area (Å²) in [5.74, 6) is 0. The maximum atomic E-state index is 14.1. The van der Waals surface area contributed by atoms with Crippen LogP contribution in [-0.2, 0) is 6.54 Å². The van der Waals surface area contributed by atoms with Gasteiger partial charge in [-0.25, -0.2) is 0 Å². The number of hydrogen-bond donors (Lipinski definition) is 0. The molecule has 0 amide bonds. The highest BCUT2D eigenvalue weighted by molar-refractivity contribution is 7.62. The van der Waals surface area contributed by atoms with Crippen LogP contribution in [0.2, 0.25) is 0 Å². The Morgan fingerprint density at radius 2 is 1.56 bits per heavy atom. The molecule has 4 rings (SSSR count). The quantitative estimate of drug-likeness (QED) is 0.741. The van der Waals surface area contributed by atoms with E-state index in [1.54, 1.807) is 0 Å². The summed E-state index contributed by atoms with van der Waals surface area (Å²) in [7, 11) is 1.61. The lowest BCUT2D eigenvalue weighted by atomic mass is 9.91. The van der Waals surface area contributed by atoms with Gasteiger partial charge in [-0.05, 0) is 24.0 Å². The van der Waals surface area contributed by atoms with Gasteiger partial charge >= 0.3 is 0 Å². The number of nitrogens with zero attached hydrogens (tertiary/aromatic N) is 4.